The Morgan fingerprint density at radius 2 is 1.44 bits per heavy atom. The van der Waals surface area contributed by atoms with Gasteiger partial charge in [-0.1, -0.05) is 78.3 Å². The quantitative estimate of drug-likeness (QED) is 0.505. The van der Waals surface area contributed by atoms with Gasteiger partial charge in [0.1, 0.15) is 0 Å². The normalized spacial score (nSPS) is 22.2. The Hall–Kier alpha value is -2.62. The lowest BCUT2D eigenvalue weighted by molar-refractivity contribution is 0.0769. The molecule has 3 nitrogen and oxygen atoms in total. The number of halogens is 1. The summed E-state index contributed by atoms with van der Waals surface area (Å²) in [6.45, 7) is 3.67. The molecule has 164 valence electrons. The molecule has 3 aromatic carbocycles. The number of nitrogens with zero attached hydrogens (tertiary/aromatic N) is 2. The Kier molecular flexibility index (Phi) is 6.29. The average Bonchev–Trinajstić information content (AvgIpc) is 3.30. The van der Waals surface area contributed by atoms with Crippen LogP contribution in [0.4, 0.5) is 0 Å². The Morgan fingerprint density at radius 1 is 0.781 bits per heavy atom. The molecule has 0 bridgehead atoms. The molecule has 2 aliphatic heterocycles. The Labute approximate surface area is 195 Å². The first-order valence-corrected chi connectivity index (χ1v) is 12.0. The summed E-state index contributed by atoms with van der Waals surface area (Å²) in [4.78, 5) is 17.9. The van der Waals surface area contributed by atoms with Gasteiger partial charge in [-0.2, -0.15) is 0 Å². The molecule has 1 amide bonds. The molecule has 2 saturated heterocycles. The van der Waals surface area contributed by atoms with E-state index in [1.165, 1.54) is 24.0 Å². The number of carbonyl (C=O) groups excluding carboxylic acids is 1. The third-order valence-corrected chi connectivity index (χ3v) is 7.38. The van der Waals surface area contributed by atoms with E-state index in [0.29, 0.717) is 28.5 Å². The molecule has 2 heterocycles. The van der Waals surface area contributed by atoms with Crippen molar-refractivity contribution in [2.45, 2.75) is 30.7 Å². The van der Waals surface area contributed by atoms with Crippen molar-refractivity contribution in [2.75, 3.05) is 26.2 Å². The second kappa shape index (κ2) is 9.48. The van der Waals surface area contributed by atoms with Crippen LogP contribution >= 0.6 is 11.6 Å². The Morgan fingerprint density at radius 3 is 2.09 bits per heavy atom. The molecule has 5 rings (SSSR count). The number of likely N-dealkylation sites (tertiary alicyclic amines) is 2. The minimum Gasteiger partial charge on any atom is -0.336 e. The predicted molar refractivity (Wildman–Crippen MR) is 130 cm³/mol. The number of amides is 1. The van der Waals surface area contributed by atoms with Crippen molar-refractivity contribution >= 4 is 17.5 Å². The molecule has 0 aromatic heterocycles. The maximum atomic E-state index is 13.3. The summed E-state index contributed by atoms with van der Waals surface area (Å²) in [7, 11) is 0. The van der Waals surface area contributed by atoms with Gasteiger partial charge in [-0.25, -0.2) is 0 Å². The first-order chi connectivity index (χ1) is 15.7. The van der Waals surface area contributed by atoms with Crippen LogP contribution in [-0.2, 0) is 0 Å². The van der Waals surface area contributed by atoms with Crippen molar-refractivity contribution < 1.29 is 4.79 Å². The highest BCUT2D eigenvalue weighted by Gasteiger charge is 2.40. The smallest absolute Gasteiger partial charge is 0.253 e. The largest absolute Gasteiger partial charge is 0.336 e. The van der Waals surface area contributed by atoms with Gasteiger partial charge in [0, 0.05) is 35.6 Å². The molecular formula is C28H29ClN2O. The minimum atomic E-state index is 0.0788. The third kappa shape index (κ3) is 4.46. The zero-order valence-electron chi connectivity index (χ0n) is 18.2. The van der Waals surface area contributed by atoms with E-state index >= 15 is 0 Å². The number of piperidine rings is 1. The second-order valence-electron chi connectivity index (χ2n) is 9.03. The molecule has 2 atom stereocenters. The first kappa shape index (κ1) is 21.2. The van der Waals surface area contributed by atoms with Gasteiger partial charge in [0.25, 0.3) is 5.91 Å². The number of carbonyl (C=O) groups is 1. The van der Waals surface area contributed by atoms with Crippen molar-refractivity contribution in [3.8, 4) is 0 Å². The van der Waals surface area contributed by atoms with Crippen LogP contribution in [0.3, 0.4) is 0 Å². The van der Waals surface area contributed by atoms with Gasteiger partial charge < -0.3 is 4.90 Å². The fraction of sp³-hybridized carbons (Fsp3) is 0.321. The van der Waals surface area contributed by atoms with E-state index in [1.54, 1.807) is 6.07 Å². The van der Waals surface area contributed by atoms with Crippen LogP contribution in [0.5, 0.6) is 0 Å². The van der Waals surface area contributed by atoms with Crippen molar-refractivity contribution in [3.63, 3.8) is 0 Å². The molecular weight excluding hydrogens is 416 g/mol. The summed E-state index contributed by atoms with van der Waals surface area (Å²) in [6, 6.07) is 29.2. The fourth-order valence-corrected chi connectivity index (χ4v) is 5.63. The molecule has 32 heavy (non-hydrogen) atoms. The molecule has 0 spiro atoms. The molecule has 0 N–H and O–H groups in total. The SMILES string of the molecule is O=C(c1cccc(Cl)c1)N1C[C@@H](N2CCC(c3ccccc3)CC2)[C@H](c2ccccc2)C1. The van der Waals surface area contributed by atoms with Crippen molar-refractivity contribution in [3.05, 3.63) is 107 Å². The lowest BCUT2D eigenvalue weighted by Crippen LogP contribution is -2.45. The van der Waals surface area contributed by atoms with E-state index < -0.39 is 0 Å². The summed E-state index contributed by atoms with van der Waals surface area (Å²) in [5.74, 6) is 1.04. The van der Waals surface area contributed by atoms with Crippen molar-refractivity contribution in [2.24, 2.45) is 0 Å². The van der Waals surface area contributed by atoms with E-state index in [4.69, 9.17) is 11.6 Å². The number of benzene rings is 3. The molecule has 0 aliphatic carbocycles. The maximum absolute atomic E-state index is 13.3. The third-order valence-electron chi connectivity index (χ3n) is 7.15. The van der Waals surface area contributed by atoms with Gasteiger partial charge in [-0.05, 0) is 61.2 Å². The van der Waals surface area contributed by atoms with Gasteiger partial charge in [0.2, 0.25) is 0 Å². The zero-order chi connectivity index (χ0) is 21.9. The number of hydrogen-bond acceptors (Lipinski definition) is 2. The van der Waals surface area contributed by atoms with Gasteiger partial charge in [-0.3, -0.25) is 9.69 Å². The minimum absolute atomic E-state index is 0.0788. The van der Waals surface area contributed by atoms with Gasteiger partial charge in [0.15, 0.2) is 0 Å². The molecule has 0 unspecified atom stereocenters. The van der Waals surface area contributed by atoms with Crippen LogP contribution in [0.1, 0.15) is 46.2 Å². The second-order valence-corrected chi connectivity index (χ2v) is 9.46. The van der Waals surface area contributed by atoms with Crippen LogP contribution in [0.15, 0.2) is 84.9 Å². The van der Waals surface area contributed by atoms with Crippen molar-refractivity contribution in [1.29, 1.82) is 0 Å². The van der Waals surface area contributed by atoms with E-state index in [1.807, 2.05) is 23.1 Å². The average molecular weight is 445 g/mol. The molecule has 4 heteroatoms. The molecule has 0 radical (unpaired) electrons. The molecule has 0 saturated carbocycles. The van der Waals surface area contributed by atoms with E-state index in [-0.39, 0.29) is 5.91 Å². The standard InChI is InChI=1S/C28H29ClN2O/c29-25-13-7-12-24(18-25)28(32)31-19-26(23-10-5-2-6-11-23)27(20-31)30-16-14-22(15-17-30)21-8-3-1-4-9-21/h1-13,18,22,26-27H,14-17,19-20H2/t26-,27+/m0/s1. The van der Waals surface area contributed by atoms with Crippen LogP contribution in [0.2, 0.25) is 5.02 Å². The van der Waals surface area contributed by atoms with Gasteiger partial charge >= 0.3 is 0 Å². The van der Waals surface area contributed by atoms with Crippen LogP contribution in [0.25, 0.3) is 0 Å². The van der Waals surface area contributed by atoms with E-state index in [9.17, 15) is 4.79 Å². The van der Waals surface area contributed by atoms with Crippen LogP contribution in [-0.4, -0.2) is 47.9 Å². The van der Waals surface area contributed by atoms with Crippen molar-refractivity contribution in [1.82, 2.24) is 9.80 Å². The number of rotatable bonds is 4. The zero-order valence-corrected chi connectivity index (χ0v) is 19.0. The summed E-state index contributed by atoms with van der Waals surface area (Å²) in [6.07, 6.45) is 2.34. The van der Waals surface area contributed by atoms with E-state index in [0.717, 1.165) is 26.2 Å². The Bertz CT molecular complexity index is 1050. The summed E-state index contributed by atoms with van der Waals surface area (Å²) < 4.78 is 0. The monoisotopic (exact) mass is 444 g/mol. The fourth-order valence-electron chi connectivity index (χ4n) is 5.44. The highest BCUT2D eigenvalue weighted by molar-refractivity contribution is 6.30. The number of hydrogen-bond donors (Lipinski definition) is 0. The predicted octanol–water partition coefficient (Wildman–Crippen LogP) is 5.83. The Balaban J connectivity index is 1.34. The lowest BCUT2D eigenvalue weighted by Gasteiger charge is -2.38. The molecule has 2 aliphatic rings. The highest BCUT2D eigenvalue weighted by atomic mass is 35.5. The van der Waals surface area contributed by atoms with Crippen LogP contribution < -0.4 is 0 Å². The molecule has 3 aromatic rings. The maximum Gasteiger partial charge on any atom is 0.253 e. The molecule has 2 fully saturated rings. The van der Waals surface area contributed by atoms with E-state index in [2.05, 4.69) is 65.6 Å². The lowest BCUT2D eigenvalue weighted by atomic mass is 9.87. The summed E-state index contributed by atoms with van der Waals surface area (Å²) in [5, 5.41) is 0.606. The topological polar surface area (TPSA) is 23.6 Å². The first-order valence-electron chi connectivity index (χ1n) is 11.6. The van der Waals surface area contributed by atoms with Gasteiger partial charge in [-0.15, -0.1) is 0 Å². The summed E-state index contributed by atoms with van der Waals surface area (Å²) >= 11 is 6.16. The van der Waals surface area contributed by atoms with Crippen LogP contribution in [0, 0.1) is 0 Å². The van der Waals surface area contributed by atoms with Gasteiger partial charge in [0.05, 0.1) is 0 Å². The summed E-state index contributed by atoms with van der Waals surface area (Å²) in [5.41, 5.74) is 3.45. The highest BCUT2D eigenvalue weighted by Crippen LogP contribution is 2.36.